The van der Waals surface area contributed by atoms with Crippen molar-refractivity contribution in [1.29, 1.82) is 0 Å². The van der Waals surface area contributed by atoms with Crippen LogP contribution < -0.4 is 5.43 Å². The van der Waals surface area contributed by atoms with Crippen LogP contribution in [0.25, 0.3) is 0 Å². The summed E-state index contributed by atoms with van der Waals surface area (Å²) in [7, 11) is 1.39. The highest BCUT2D eigenvalue weighted by Crippen LogP contribution is 2.05. The normalized spacial score (nSPS) is 17.1. The highest BCUT2D eigenvalue weighted by atomic mass is 16.4. The maximum absolute atomic E-state index is 11.7. The molecule has 1 heterocycles. The van der Waals surface area contributed by atoms with Gasteiger partial charge in [-0.1, -0.05) is 0 Å². The Morgan fingerprint density at radius 3 is 2.56 bits per heavy atom. The summed E-state index contributed by atoms with van der Waals surface area (Å²) >= 11 is 0. The highest BCUT2D eigenvalue weighted by molar-refractivity contribution is 6.39. The lowest BCUT2D eigenvalue weighted by Crippen LogP contribution is -2.45. The fourth-order valence-electron chi connectivity index (χ4n) is 1.17. The molecule has 0 aliphatic carbocycles. The molecule has 2 N–H and O–H groups in total. The van der Waals surface area contributed by atoms with Crippen LogP contribution in [-0.4, -0.2) is 46.6 Å². The molecule has 0 fully saturated rings. The summed E-state index contributed by atoms with van der Waals surface area (Å²) in [5, 5.41) is 12.3. The van der Waals surface area contributed by atoms with Crippen molar-refractivity contribution in [2.45, 2.75) is 25.8 Å². The molecule has 0 aromatic heterocycles. The van der Waals surface area contributed by atoms with Gasteiger partial charge in [0, 0.05) is 19.9 Å². The standard InChI is InChI=1S/C9H13N3O4/c1-5(9(15)16)12(2)8(14)6-3-4-7(13)11-10-6/h5H,3-4H2,1-2H3,(H,11,13)(H,15,16). The monoisotopic (exact) mass is 227 g/mol. The molecule has 1 aliphatic rings. The van der Waals surface area contributed by atoms with Crippen LogP contribution >= 0.6 is 0 Å². The quantitative estimate of drug-likeness (QED) is 0.658. The van der Waals surface area contributed by atoms with E-state index in [1.165, 1.54) is 14.0 Å². The van der Waals surface area contributed by atoms with Crippen molar-refractivity contribution < 1.29 is 19.5 Å². The van der Waals surface area contributed by atoms with Gasteiger partial charge in [-0.15, -0.1) is 0 Å². The van der Waals surface area contributed by atoms with E-state index < -0.39 is 17.9 Å². The number of likely N-dealkylation sites (N-methyl/N-ethyl adjacent to an activating group) is 1. The van der Waals surface area contributed by atoms with Gasteiger partial charge in [0.1, 0.15) is 11.8 Å². The molecule has 88 valence electrons. The maximum atomic E-state index is 11.7. The van der Waals surface area contributed by atoms with Gasteiger partial charge in [-0.25, -0.2) is 10.2 Å². The smallest absolute Gasteiger partial charge is 0.326 e. The Balaban J connectivity index is 2.71. The molecular weight excluding hydrogens is 214 g/mol. The van der Waals surface area contributed by atoms with E-state index in [4.69, 9.17) is 5.11 Å². The number of hydrazone groups is 1. The van der Waals surface area contributed by atoms with Crippen molar-refractivity contribution in [1.82, 2.24) is 10.3 Å². The van der Waals surface area contributed by atoms with Gasteiger partial charge in [0.15, 0.2) is 0 Å². The average Bonchev–Trinajstić information content (AvgIpc) is 2.27. The van der Waals surface area contributed by atoms with E-state index in [2.05, 4.69) is 10.5 Å². The zero-order chi connectivity index (χ0) is 12.3. The SMILES string of the molecule is CC(C(=O)O)N(C)C(=O)C1=NNC(=O)CC1. The Kier molecular flexibility index (Phi) is 3.60. The second kappa shape index (κ2) is 4.73. The van der Waals surface area contributed by atoms with E-state index >= 15 is 0 Å². The molecule has 0 aromatic rings. The minimum Gasteiger partial charge on any atom is -0.480 e. The van der Waals surface area contributed by atoms with Crippen molar-refractivity contribution in [2.75, 3.05) is 7.05 Å². The van der Waals surface area contributed by atoms with Crippen LogP contribution in [0.5, 0.6) is 0 Å². The van der Waals surface area contributed by atoms with Crippen LogP contribution in [0.15, 0.2) is 5.10 Å². The third-order valence-electron chi connectivity index (χ3n) is 2.41. The number of carboxylic acid groups (broad SMARTS) is 1. The van der Waals surface area contributed by atoms with Crippen LogP contribution in [0.3, 0.4) is 0 Å². The predicted octanol–water partition coefficient (Wildman–Crippen LogP) is -0.816. The molecule has 7 nitrogen and oxygen atoms in total. The van der Waals surface area contributed by atoms with Crippen molar-refractivity contribution in [3.63, 3.8) is 0 Å². The third-order valence-corrected chi connectivity index (χ3v) is 2.41. The molecule has 0 aromatic carbocycles. The van der Waals surface area contributed by atoms with Gasteiger partial charge in [0.25, 0.3) is 5.91 Å². The summed E-state index contributed by atoms with van der Waals surface area (Å²) in [5.74, 6) is -1.81. The summed E-state index contributed by atoms with van der Waals surface area (Å²) in [6.07, 6.45) is 0.432. The predicted molar refractivity (Wildman–Crippen MR) is 54.7 cm³/mol. The first kappa shape index (κ1) is 12.2. The van der Waals surface area contributed by atoms with Crippen molar-refractivity contribution >= 4 is 23.5 Å². The molecule has 1 aliphatic heterocycles. The number of nitrogens with one attached hydrogen (secondary N) is 1. The first-order valence-corrected chi connectivity index (χ1v) is 4.79. The lowest BCUT2D eigenvalue weighted by molar-refractivity contribution is -0.146. The van der Waals surface area contributed by atoms with E-state index in [9.17, 15) is 14.4 Å². The molecule has 1 atom stereocenters. The van der Waals surface area contributed by atoms with Crippen LogP contribution in [-0.2, 0) is 14.4 Å². The van der Waals surface area contributed by atoms with Crippen molar-refractivity contribution in [3.05, 3.63) is 0 Å². The lowest BCUT2D eigenvalue weighted by Gasteiger charge is -2.23. The van der Waals surface area contributed by atoms with Gasteiger partial charge in [-0.3, -0.25) is 9.59 Å². The van der Waals surface area contributed by atoms with Crippen LogP contribution in [0.2, 0.25) is 0 Å². The largest absolute Gasteiger partial charge is 0.480 e. The molecule has 0 saturated heterocycles. The van der Waals surface area contributed by atoms with Crippen LogP contribution in [0.4, 0.5) is 0 Å². The number of amides is 2. The van der Waals surface area contributed by atoms with Gasteiger partial charge in [0.05, 0.1) is 0 Å². The van der Waals surface area contributed by atoms with Crippen molar-refractivity contribution in [3.8, 4) is 0 Å². The van der Waals surface area contributed by atoms with Crippen LogP contribution in [0, 0.1) is 0 Å². The maximum Gasteiger partial charge on any atom is 0.326 e. The summed E-state index contributed by atoms with van der Waals surface area (Å²) in [6, 6.07) is -0.923. The van der Waals surface area contributed by atoms with Gasteiger partial charge < -0.3 is 10.0 Å². The molecule has 0 bridgehead atoms. The molecular formula is C9H13N3O4. The zero-order valence-electron chi connectivity index (χ0n) is 9.06. The Labute approximate surface area is 92.1 Å². The molecule has 1 rings (SSSR count). The van der Waals surface area contributed by atoms with Gasteiger partial charge >= 0.3 is 5.97 Å². The minimum absolute atomic E-state index is 0.176. The second-order valence-corrected chi connectivity index (χ2v) is 3.52. The topological polar surface area (TPSA) is 99.1 Å². The fourth-order valence-corrected chi connectivity index (χ4v) is 1.17. The van der Waals surface area contributed by atoms with E-state index in [1.807, 2.05) is 0 Å². The molecule has 1 unspecified atom stereocenters. The molecule has 0 radical (unpaired) electrons. The number of nitrogens with zero attached hydrogens (tertiary/aromatic N) is 2. The Morgan fingerprint density at radius 1 is 1.50 bits per heavy atom. The number of aliphatic carboxylic acids is 1. The Morgan fingerprint density at radius 2 is 2.12 bits per heavy atom. The van der Waals surface area contributed by atoms with Crippen LogP contribution in [0.1, 0.15) is 19.8 Å². The molecule has 0 saturated carbocycles. The summed E-state index contributed by atoms with van der Waals surface area (Å²) < 4.78 is 0. The Bertz CT molecular complexity index is 364. The Hall–Kier alpha value is -1.92. The number of rotatable bonds is 3. The van der Waals surface area contributed by atoms with E-state index in [0.29, 0.717) is 0 Å². The zero-order valence-corrected chi connectivity index (χ0v) is 9.06. The number of carbonyl (C=O) groups excluding carboxylic acids is 2. The number of hydrogen-bond donors (Lipinski definition) is 2. The number of hydrogen-bond acceptors (Lipinski definition) is 4. The average molecular weight is 227 g/mol. The van der Waals surface area contributed by atoms with E-state index in [0.717, 1.165) is 4.90 Å². The first-order valence-electron chi connectivity index (χ1n) is 4.79. The number of carbonyl (C=O) groups is 3. The molecule has 0 spiro atoms. The third kappa shape index (κ3) is 2.56. The van der Waals surface area contributed by atoms with E-state index in [1.54, 1.807) is 0 Å². The fraction of sp³-hybridized carbons (Fsp3) is 0.556. The summed E-state index contributed by atoms with van der Waals surface area (Å²) in [6.45, 7) is 1.40. The second-order valence-electron chi connectivity index (χ2n) is 3.52. The minimum atomic E-state index is -1.09. The summed E-state index contributed by atoms with van der Waals surface area (Å²) in [4.78, 5) is 34.3. The number of carboxylic acids is 1. The molecule has 16 heavy (non-hydrogen) atoms. The van der Waals surface area contributed by atoms with E-state index in [-0.39, 0.29) is 24.5 Å². The van der Waals surface area contributed by atoms with Crippen molar-refractivity contribution in [2.24, 2.45) is 5.10 Å². The van der Waals surface area contributed by atoms with Gasteiger partial charge in [0.2, 0.25) is 5.91 Å². The molecule has 7 heteroatoms. The van der Waals surface area contributed by atoms with Gasteiger partial charge in [-0.2, -0.15) is 5.10 Å². The molecule has 2 amide bonds. The lowest BCUT2D eigenvalue weighted by atomic mass is 10.1. The summed E-state index contributed by atoms with van der Waals surface area (Å²) in [5.41, 5.74) is 2.37. The van der Waals surface area contributed by atoms with Gasteiger partial charge in [-0.05, 0) is 6.92 Å². The first-order chi connectivity index (χ1) is 7.43. The highest BCUT2D eigenvalue weighted by Gasteiger charge is 2.27.